The van der Waals surface area contributed by atoms with Crippen LogP contribution in [0.2, 0.25) is 15.1 Å². The molecule has 4 aliphatic rings. The van der Waals surface area contributed by atoms with Crippen molar-refractivity contribution < 1.29 is 55.2 Å². The highest BCUT2D eigenvalue weighted by Crippen LogP contribution is 2.40. The molecule has 630 valence electrons. The van der Waals surface area contributed by atoms with Crippen LogP contribution in [0.5, 0.6) is 0 Å². The molecule has 6 N–H and O–H groups in total. The van der Waals surface area contributed by atoms with E-state index in [0.29, 0.717) is 71.6 Å². The summed E-state index contributed by atoms with van der Waals surface area (Å²) in [5.41, 5.74) is 13.9. The molecule has 7 heterocycles. The fourth-order valence-corrected chi connectivity index (χ4v) is 17.2. The van der Waals surface area contributed by atoms with Crippen molar-refractivity contribution in [2.45, 2.75) is 89.0 Å². The average Bonchev–Trinajstić information content (AvgIpc) is 0.766. The van der Waals surface area contributed by atoms with E-state index in [1.54, 1.807) is 54.1 Å². The van der Waals surface area contributed by atoms with Gasteiger partial charge in [-0.3, -0.25) is 40.3 Å². The fraction of sp³-hybridized carbons (Fsp3) is 0.239. The Labute approximate surface area is 720 Å². The first kappa shape index (κ1) is 92.1. The molecule has 7 atom stereocenters. The molecule has 1 fully saturated rings. The van der Waals surface area contributed by atoms with Crippen LogP contribution in [0.4, 0.5) is 18.9 Å². The first-order chi connectivity index (χ1) is 58.7. The zero-order valence-electron chi connectivity index (χ0n) is 67.9. The fourth-order valence-electron chi connectivity index (χ4n) is 14.8. The summed E-state index contributed by atoms with van der Waals surface area (Å²) in [6, 6.07) is 65.8. The summed E-state index contributed by atoms with van der Waals surface area (Å²) >= 11 is 19.4. The van der Waals surface area contributed by atoms with E-state index in [1.807, 2.05) is 167 Å². The number of halogens is 6. The van der Waals surface area contributed by atoms with Crippen molar-refractivity contribution in [1.82, 2.24) is 61.0 Å². The number of pyridine rings is 3. The van der Waals surface area contributed by atoms with Gasteiger partial charge in [-0.25, -0.2) is 21.6 Å². The topological polar surface area (TPSA) is 290 Å². The molecule has 0 spiro atoms. The maximum absolute atomic E-state index is 13.9. The number of rotatable bonds is 19. The molecule has 5 unspecified atom stereocenters. The van der Waals surface area contributed by atoms with Gasteiger partial charge < -0.3 is 31.1 Å². The average molecular weight is 1730 g/mol. The molecule has 23 nitrogen and oxygen atoms in total. The lowest BCUT2D eigenvalue weighted by Gasteiger charge is -2.39. The monoisotopic (exact) mass is 1730 g/mol. The molecule has 122 heavy (non-hydrogen) atoms. The lowest BCUT2D eigenvalue weighted by atomic mass is 9.94. The first-order valence-electron chi connectivity index (χ1n) is 38.7. The van der Waals surface area contributed by atoms with E-state index in [1.165, 1.54) is 52.7 Å². The number of sulfonamides is 1. The summed E-state index contributed by atoms with van der Waals surface area (Å²) < 4.78 is 70.8. The third kappa shape index (κ3) is 23.3. The number of carbonyl (C=O) groups excluding carboxylic acids is 7. The number of hydrogen-bond acceptors (Lipinski definition) is 21. The van der Waals surface area contributed by atoms with Gasteiger partial charge in [0.25, 0.3) is 0 Å². The van der Waals surface area contributed by atoms with Gasteiger partial charge in [-0.2, -0.15) is 33.1 Å². The molecule has 30 heteroatoms. The summed E-state index contributed by atoms with van der Waals surface area (Å²) in [5.74, 6) is -0.496. The SMILES string of the molecule is CC(=O)N(CC1=C(C)C(c2ccc(F)cc2Cl)NC(c2ccccn2)N1)[C@@H](C)c1ccccc1.CC1=C(CN2CCN(S(=O)(=O)c3cccc4c(N(C)C)cccc34)CC2)NC(c2ccccn2)NC1c1ccc(F)cc1Cl.CC1=C(CN[C@@H](C)c2ccc3ccccc3c2)NC(c2ccccn2)=NC1c1ccc(F)cc1Cl.O=C=O.O=C=O.O=C=O. The van der Waals surface area contributed by atoms with E-state index >= 15 is 0 Å². The second kappa shape index (κ2) is 43.9. The van der Waals surface area contributed by atoms with Gasteiger partial charge in [0.05, 0.1) is 41.0 Å². The van der Waals surface area contributed by atoms with Crippen LogP contribution in [0, 0.1) is 17.5 Å². The van der Waals surface area contributed by atoms with Gasteiger partial charge in [0.15, 0.2) is 5.84 Å². The minimum atomic E-state index is -3.70. The summed E-state index contributed by atoms with van der Waals surface area (Å²) in [4.78, 5) is 86.3. The lowest BCUT2D eigenvalue weighted by Crippen LogP contribution is -2.51. The van der Waals surface area contributed by atoms with Crippen LogP contribution in [-0.2, 0) is 43.6 Å². The minimum Gasteiger partial charge on any atom is -0.377 e. The van der Waals surface area contributed by atoms with Crippen LogP contribution in [-0.4, -0.2) is 128 Å². The minimum absolute atomic E-state index is 0.0252. The van der Waals surface area contributed by atoms with Crippen molar-refractivity contribution in [1.29, 1.82) is 0 Å². The first-order valence-corrected chi connectivity index (χ1v) is 41.3. The number of piperazine rings is 1. The predicted octanol–water partition coefficient (Wildman–Crippen LogP) is 16.0. The maximum Gasteiger partial charge on any atom is 0.373 e. The Morgan fingerprint density at radius 1 is 0.541 bits per heavy atom. The van der Waals surface area contributed by atoms with Gasteiger partial charge in [0.2, 0.25) is 15.9 Å². The van der Waals surface area contributed by atoms with E-state index in [-0.39, 0.29) is 84.4 Å². The van der Waals surface area contributed by atoms with Gasteiger partial charge in [-0.15, -0.1) is 0 Å². The van der Waals surface area contributed by atoms with Crippen molar-refractivity contribution in [2.75, 3.05) is 64.8 Å². The number of nitrogens with zero attached hydrogens (tertiary/aromatic N) is 8. The Hall–Kier alpha value is -12.2. The van der Waals surface area contributed by atoms with E-state index < -0.39 is 10.0 Å². The largest absolute Gasteiger partial charge is 0.377 e. The van der Waals surface area contributed by atoms with Crippen LogP contribution in [0.15, 0.2) is 281 Å². The molecule has 15 rings (SSSR count). The second-order valence-corrected chi connectivity index (χ2v) is 32.1. The van der Waals surface area contributed by atoms with E-state index in [9.17, 15) is 26.4 Å². The number of aromatic nitrogens is 3. The zero-order chi connectivity index (χ0) is 87.7. The molecule has 0 bridgehead atoms. The van der Waals surface area contributed by atoms with Crippen molar-refractivity contribution in [3.05, 3.63) is 348 Å². The molecular weight excluding hydrogens is 1640 g/mol. The molecule has 8 aromatic carbocycles. The van der Waals surface area contributed by atoms with E-state index in [0.717, 1.165) is 89.6 Å². The van der Waals surface area contributed by atoms with Gasteiger partial charge >= 0.3 is 18.5 Å². The number of carbonyl (C=O) groups is 1. The number of benzene rings is 8. The molecular formula is C92H90Cl3F3N14O9S. The number of amidine groups is 1. The van der Waals surface area contributed by atoms with Crippen LogP contribution in [0.1, 0.15) is 129 Å². The maximum atomic E-state index is 13.9. The molecule has 11 aromatic rings. The smallest absolute Gasteiger partial charge is 0.373 e. The number of amides is 1. The molecule has 0 saturated carbocycles. The third-order valence-electron chi connectivity index (χ3n) is 21.2. The van der Waals surface area contributed by atoms with Crippen LogP contribution < -0.4 is 36.8 Å². The quantitative estimate of drug-likeness (QED) is 0.0438. The standard InChI is InChI=1S/C33H36ClFN6O2S.C29H26ClFN4.C27H28ClFN4O.3CO2/c1-22-29(37-33(28-10-4-5-15-36-28)38-32(22)26-14-13-23(35)20-27(26)34)21-40-16-18-41(19-17-40)44(42,43)31-12-7-8-24-25(31)9-6-11-30(24)39(2)3;1-18-27(17-33-19(2)21-11-10-20-7-3-4-8-22(20)15-21)34-29(26-9-5-6-14-32-26)35-28(18)24-13-12-23(31)16-25(24)30;1-17-25(16-33(19(3)34)18(2)20-9-5-4-6-10-20)31-27(24-11-7-8-14-30-24)32-26(17)22-13-12-21(29)15-23(22)28;3*2-1-3/h4-15,20,32-33,37-38H,16-19,21H2,1-3H3;3-16,19,28,33H,17H2,1-2H3,(H,34,35);4-15,18,26-27,31-32H,16H2,1-3H3;;;/t;19-,28?;18-,26?,27?;;;/m.00.../s1. The van der Waals surface area contributed by atoms with Crippen molar-refractivity contribution in [3.63, 3.8) is 0 Å². The molecule has 3 aromatic heterocycles. The second-order valence-electron chi connectivity index (χ2n) is 29.0. The molecule has 1 saturated heterocycles. The number of fused-ring (bicyclic) bond motifs is 2. The Bertz CT molecular complexity index is 5810. The Balaban J connectivity index is 0.000000184. The van der Waals surface area contributed by atoms with Gasteiger partial charge in [0.1, 0.15) is 41.5 Å². The predicted molar refractivity (Wildman–Crippen MR) is 462 cm³/mol. The Morgan fingerprint density at radius 3 is 1.57 bits per heavy atom. The molecule has 4 aliphatic heterocycles. The molecule has 0 radical (unpaired) electrons. The van der Waals surface area contributed by atoms with Gasteiger partial charge in [-0.05, 0) is 181 Å². The molecule has 0 aliphatic carbocycles. The lowest BCUT2D eigenvalue weighted by molar-refractivity contribution is -0.193. The zero-order valence-corrected chi connectivity index (χ0v) is 71.0. The van der Waals surface area contributed by atoms with E-state index in [2.05, 4.69) is 101 Å². The van der Waals surface area contributed by atoms with Crippen molar-refractivity contribution in [2.24, 2.45) is 4.99 Å². The highest BCUT2D eigenvalue weighted by molar-refractivity contribution is 7.89. The molecule has 1 amide bonds. The highest BCUT2D eigenvalue weighted by Gasteiger charge is 2.36. The third-order valence-corrected chi connectivity index (χ3v) is 24.2. The summed E-state index contributed by atoms with van der Waals surface area (Å²) in [6.07, 6.45) is 5.38. The van der Waals surface area contributed by atoms with Crippen LogP contribution in [0.25, 0.3) is 21.5 Å². The van der Waals surface area contributed by atoms with Crippen molar-refractivity contribution >= 4 is 102 Å². The van der Waals surface area contributed by atoms with Crippen LogP contribution in [0.3, 0.4) is 0 Å². The van der Waals surface area contributed by atoms with E-state index in [4.69, 9.17) is 68.6 Å². The Morgan fingerprint density at radius 2 is 1.04 bits per heavy atom. The normalized spacial score (nSPS) is 17.5. The summed E-state index contributed by atoms with van der Waals surface area (Å²) in [5, 5.41) is 26.5. The van der Waals surface area contributed by atoms with Crippen LogP contribution >= 0.6 is 34.8 Å². The number of hydrogen-bond donors (Lipinski definition) is 6. The summed E-state index contributed by atoms with van der Waals surface area (Å²) in [6.45, 7) is 15.3. The van der Waals surface area contributed by atoms with Gasteiger partial charge in [-0.1, -0.05) is 162 Å². The number of aliphatic imine (C=N–C) groups is 1. The number of nitrogens with one attached hydrogen (secondary N) is 6. The summed E-state index contributed by atoms with van der Waals surface area (Å²) in [7, 11) is 0.215. The number of anilines is 1. The Kier molecular flexibility index (Phi) is 33.1. The van der Waals surface area contributed by atoms with Crippen molar-refractivity contribution in [3.8, 4) is 0 Å². The van der Waals surface area contributed by atoms with Gasteiger partial charge in [0, 0.05) is 134 Å². The highest BCUT2D eigenvalue weighted by atomic mass is 35.5.